The fraction of sp³-hybridized carbons (Fsp3) is 0. The van der Waals surface area contributed by atoms with Gasteiger partial charge >= 0.3 is 5.97 Å². The topological polar surface area (TPSA) is 67.8 Å². The highest BCUT2D eigenvalue weighted by Crippen LogP contribution is 2.23. The lowest BCUT2D eigenvalue weighted by molar-refractivity contribution is 0.0734. The second-order valence-corrected chi connectivity index (χ2v) is 7.46. The van der Waals surface area contributed by atoms with Crippen LogP contribution in [0.4, 0.5) is 0 Å². The molecule has 0 spiro atoms. The van der Waals surface area contributed by atoms with E-state index in [0.717, 1.165) is 0 Å². The van der Waals surface area contributed by atoms with Gasteiger partial charge in [0.15, 0.2) is 0 Å². The number of hydrogen-bond donors (Lipinski definition) is 1. The second-order valence-electron chi connectivity index (χ2n) is 5.76. The summed E-state index contributed by atoms with van der Waals surface area (Å²) in [6, 6.07) is 18.2. The maximum absolute atomic E-state index is 12.2. The molecule has 0 saturated carbocycles. The summed E-state index contributed by atoms with van der Waals surface area (Å²) in [5.41, 5.74) is 3.87. The zero-order chi connectivity index (χ0) is 20.8. The molecular weight excluding hydrogens is 479 g/mol. The van der Waals surface area contributed by atoms with Crippen LogP contribution in [0, 0.1) is 0 Å². The number of esters is 1. The molecule has 0 aliphatic heterocycles. The van der Waals surface area contributed by atoms with E-state index in [9.17, 15) is 9.59 Å². The van der Waals surface area contributed by atoms with Gasteiger partial charge in [0.05, 0.1) is 22.4 Å². The Balaban J connectivity index is 1.60. The summed E-state index contributed by atoms with van der Waals surface area (Å²) < 4.78 is 5.98. The van der Waals surface area contributed by atoms with Crippen LogP contribution in [0.2, 0.25) is 10.0 Å². The molecule has 0 aliphatic rings. The zero-order valence-electron chi connectivity index (χ0n) is 14.7. The average molecular weight is 492 g/mol. The first-order valence-corrected chi connectivity index (χ1v) is 9.84. The summed E-state index contributed by atoms with van der Waals surface area (Å²) in [7, 11) is 0. The van der Waals surface area contributed by atoms with Crippen molar-refractivity contribution in [3.05, 3.63) is 97.9 Å². The largest absolute Gasteiger partial charge is 0.423 e. The molecular formula is C21H13BrCl2N2O3. The summed E-state index contributed by atoms with van der Waals surface area (Å²) in [5, 5.41) is 4.58. The quantitative estimate of drug-likeness (QED) is 0.214. The van der Waals surface area contributed by atoms with Crippen molar-refractivity contribution in [3.8, 4) is 5.75 Å². The van der Waals surface area contributed by atoms with Gasteiger partial charge in [0, 0.05) is 9.50 Å². The lowest BCUT2D eigenvalue weighted by Crippen LogP contribution is -2.18. The minimum Gasteiger partial charge on any atom is -0.423 e. The minimum atomic E-state index is -0.589. The van der Waals surface area contributed by atoms with Gasteiger partial charge in [0.25, 0.3) is 5.91 Å². The Kier molecular flexibility index (Phi) is 7.04. The van der Waals surface area contributed by atoms with E-state index in [4.69, 9.17) is 27.9 Å². The third-order valence-corrected chi connectivity index (χ3v) is 4.98. The highest BCUT2D eigenvalue weighted by atomic mass is 79.9. The maximum atomic E-state index is 12.2. The number of nitrogens with zero attached hydrogens (tertiary/aromatic N) is 1. The molecule has 3 rings (SSSR count). The zero-order valence-corrected chi connectivity index (χ0v) is 17.8. The normalized spacial score (nSPS) is 10.7. The van der Waals surface area contributed by atoms with Crippen molar-refractivity contribution >= 4 is 57.2 Å². The number of halogens is 3. The predicted octanol–water partition coefficient (Wildman–Crippen LogP) is 5.74. The van der Waals surface area contributed by atoms with Gasteiger partial charge in [0.2, 0.25) is 0 Å². The van der Waals surface area contributed by atoms with E-state index in [0.29, 0.717) is 26.4 Å². The van der Waals surface area contributed by atoms with Crippen LogP contribution in [-0.2, 0) is 0 Å². The van der Waals surface area contributed by atoms with Crippen molar-refractivity contribution in [3.63, 3.8) is 0 Å². The lowest BCUT2D eigenvalue weighted by Gasteiger charge is -2.06. The number of carbonyl (C=O) groups excluding carboxylic acids is 2. The maximum Gasteiger partial charge on any atom is 0.345 e. The standard InChI is InChI=1S/C21H13BrCl2N2O3/c22-18-4-2-1-3-16(18)20(27)26-25-12-13-5-8-15(9-6-13)29-21(28)17-10-7-14(23)11-19(17)24/h1-12H,(H,26,27). The van der Waals surface area contributed by atoms with E-state index >= 15 is 0 Å². The Hall–Kier alpha value is -2.67. The highest BCUT2D eigenvalue weighted by molar-refractivity contribution is 9.10. The van der Waals surface area contributed by atoms with Crippen molar-refractivity contribution in [2.75, 3.05) is 0 Å². The fourth-order valence-corrected chi connectivity index (χ4v) is 3.26. The third kappa shape index (κ3) is 5.67. The van der Waals surface area contributed by atoms with Gasteiger partial charge in [0.1, 0.15) is 5.75 Å². The van der Waals surface area contributed by atoms with Crippen LogP contribution in [0.5, 0.6) is 5.75 Å². The number of benzene rings is 3. The Labute approximate surface area is 185 Å². The van der Waals surface area contributed by atoms with E-state index in [1.807, 2.05) is 6.07 Å². The van der Waals surface area contributed by atoms with Crippen molar-refractivity contribution in [1.82, 2.24) is 5.43 Å². The summed E-state index contributed by atoms with van der Waals surface area (Å²) in [4.78, 5) is 24.3. The van der Waals surface area contributed by atoms with E-state index in [1.54, 1.807) is 48.5 Å². The third-order valence-electron chi connectivity index (χ3n) is 3.74. The molecule has 29 heavy (non-hydrogen) atoms. The first-order chi connectivity index (χ1) is 13.9. The van der Waals surface area contributed by atoms with Crippen molar-refractivity contribution < 1.29 is 14.3 Å². The molecule has 0 atom stereocenters. The van der Waals surface area contributed by atoms with Gasteiger partial charge in [-0.25, -0.2) is 10.2 Å². The number of rotatable bonds is 5. The Morgan fingerprint density at radius 1 is 0.966 bits per heavy atom. The van der Waals surface area contributed by atoms with Crippen LogP contribution < -0.4 is 10.2 Å². The number of hydrogen-bond acceptors (Lipinski definition) is 4. The second kappa shape index (κ2) is 9.69. The number of hydrazone groups is 1. The molecule has 5 nitrogen and oxygen atoms in total. The van der Waals surface area contributed by atoms with Crippen LogP contribution in [0.3, 0.4) is 0 Å². The van der Waals surface area contributed by atoms with Crippen molar-refractivity contribution in [2.45, 2.75) is 0 Å². The van der Waals surface area contributed by atoms with Gasteiger partial charge in [-0.15, -0.1) is 0 Å². The molecule has 0 radical (unpaired) electrons. The molecule has 1 N–H and O–H groups in total. The van der Waals surface area contributed by atoms with Gasteiger partial charge in [-0.05, 0) is 76.1 Å². The molecule has 0 bridgehead atoms. The number of carbonyl (C=O) groups is 2. The molecule has 0 aliphatic carbocycles. The molecule has 0 heterocycles. The van der Waals surface area contributed by atoms with Gasteiger partial charge in [-0.3, -0.25) is 4.79 Å². The molecule has 0 unspecified atom stereocenters. The van der Waals surface area contributed by atoms with Gasteiger partial charge < -0.3 is 4.74 Å². The minimum absolute atomic E-state index is 0.215. The number of nitrogens with one attached hydrogen (secondary N) is 1. The summed E-state index contributed by atoms with van der Waals surface area (Å²) in [6.07, 6.45) is 1.48. The van der Waals surface area contributed by atoms with E-state index in [2.05, 4.69) is 26.5 Å². The van der Waals surface area contributed by atoms with Crippen molar-refractivity contribution in [2.24, 2.45) is 5.10 Å². The first kappa shape index (κ1) is 21.0. The summed E-state index contributed by atoms with van der Waals surface area (Å²) >= 11 is 15.2. The summed E-state index contributed by atoms with van der Waals surface area (Å²) in [5.74, 6) is -0.580. The van der Waals surface area contributed by atoms with Crippen LogP contribution in [-0.4, -0.2) is 18.1 Å². The van der Waals surface area contributed by atoms with Gasteiger partial charge in [-0.1, -0.05) is 35.3 Å². The molecule has 8 heteroatoms. The van der Waals surface area contributed by atoms with E-state index < -0.39 is 5.97 Å². The van der Waals surface area contributed by atoms with Crippen LogP contribution in [0.15, 0.2) is 76.3 Å². The fourth-order valence-electron chi connectivity index (χ4n) is 2.31. The molecule has 146 valence electrons. The average Bonchev–Trinajstić information content (AvgIpc) is 2.69. The van der Waals surface area contributed by atoms with Crippen LogP contribution in [0.1, 0.15) is 26.3 Å². The molecule has 3 aromatic rings. The lowest BCUT2D eigenvalue weighted by atomic mass is 10.2. The summed E-state index contributed by atoms with van der Waals surface area (Å²) in [6.45, 7) is 0. The molecule has 0 aromatic heterocycles. The molecule has 0 saturated heterocycles. The van der Waals surface area contributed by atoms with Gasteiger partial charge in [-0.2, -0.15) is 5.10 Å². The molecule has 0 fully saturated rings. The van der Waals surface area contributed by atoms with Crippen molar-refractivity contribution in [1.29, 1.82) is 0 Å². The smallest absolute Gasteiger partial charge is 0.345 e. The SMILES string of the molecule is O=C(Oc1ccc(C=NNC(=O)c2ccccc2Br)cc1)c1ccc(Cl)cc1Cl. The molecule has 1 amide bonds. The highest BCUT2D eigenvalue weighted by Gasteiger charge is 2.13. The van der Waals surface area contributed by atoms with Crippen LogP contribution >= 0.6 is 39.1 Å². The Bertz CT molecular complexity index is 1090. The Morgan fingerprint density at radius 3 is 2.38 bits per heavy atom. The number of ether oxygens (including phenoxy) is 1. The van der Waals surface area contributed by atoms with E-state index in [1.165, 1.54) is 18.3 Å². The molecule has 3 aromatic carbocycles. The number of amides is 1. The monoisotopic (exact) mass is 490 g/mol. The van der Waals surface area contributed by atoms with Crippen LogP contribution in [0.25, 0.3) is 0 Å². The predicted molar refractivity (Wildman–Crippen MR) is 117 cm³/mol. The Morgan fingerprint density at radius 2 is 1.69 bits per heavy atom. The van der Waals surface area contributed by atoms with E-state index in [-0.39, 0.29) is 16.5 Å². The first-order valence-electron chi connectivity index (χ1n) is 8.29.